The topological polar surface area (TPSA) is 270 Å². The second-order valence-electron chi connectivity index (χ2n) is 20.4. The van der Waals surface area contributed by atoms with Crippen molar-refractivity contribution in [3.8, 4) is 22.3 Å². The number of anilines is 3. The number of benzene rings is 8. The molecular formula is C60H46N8O10S2. The van der Waals surface area contributed by atoms with E-state index >= 15 is 4.79 Å². The van der Waals surface area contributed by atoms with Gasteiger partial charge in [0.2, 0.25) is 29.4 Å². The smallest absolute Gasteiger partial charge is 0.264 e. The minimum Gasteiger partial charge on any atom is -0.506 e. The zero-order valence-electron chi connectivity index (χ0n) is 43.0. The van der Waals surface area contributed by atoms with Gasteiger partial charge >= 0.3 is 0 Å². The van der Waals surface area contributed by atoms with Gasteiger partial charge in [0.05, 0.1) is 32.0 Å². The Morgan fingerprint density at radius 3 is 1.54 bits per heavy atom. The third-order valence-electron chi connectivity index (χ3n) is 15.3. The first-order chi connectivity index (χ1) is 38.2. The van der Waals surface area contributed by atoms with Crippen LogP contribution in [-0.2, 0) is 68.4 Å². The van der Waals surface area contributed by atoms with Gasteiger partial charge in [-0.2, -0.15) is 0 Å². The van der Waals surface area contributed by atoms with Crippen molar-refractivity contribution in [2.45, 2.75) is 61.9 Å². The highest BCUT2D eigenvalue weighted by atomic mass is 32.2. The summed E-state index contributed by atoms with van der Waals surface area (Å²) in [5.74, 6) is -2.87. The quantitative estimate of drug-likeness (QED) is 0.0794. The highest BCUT2D eigenvalue weighted by Crippen LogP contribution is 2.57. The zero-order chi connectivity index (χ0) is 55.9. The summed E-state index contributed by atoms with van der Waals surface area (Å²) in [4.78, 5) is 69.1. The monoisotopic (exact) mass is 1100 g/mol. The molecule has 0 bridgehead atoms. The number of allylic oxidation sites excluding steroid dienone is 2. The van der Waals surface area contributed by atoms with Gasteiger partial charge in [-0.1, -0.05) is 84.9 Å². The standard InChI is InChI=1S/C60H46N8O10S2/c1-29(69)61-27-33-11-17-39-40-18-12-34(28-62-30(2)70)24-46(40)59(45(39)23-33)63-49-9-5-7-35-13-19-43(55(65-59)51(35)49)53-57(73)54(58(53)74)44-20-14-36-8-6-10-50-52(36)56(44)66-60(64-50)47-25-37(79(75,76)67-31(3)71)15-21-41(47)42-22-16-38(26-48(42)60)80(77,78)68-32(4)72/h5-26,63-64,66,73H,27-28H2,1-4H3,(H,61,69)(H,62,70)(H,67,71)(H,68,72). The van der Waals surface area contributed by atoms with Crippen molar-refractivity contribution in [2.75, 3.05) is 16.0 Å². The first-order valence-electron chi connectivity index (χ1n) is 25.4. The molecule has 0 aromatic heterocycles. The summed E-state index contributed by atoms with van der Waals surface area (Å²) < 4.78 is 58.7. The molecule has 13 rings (SSSR count). The van der Waals surface area contributed by atoms with E-state index in [1.165, 1.54) is 38.1 Å². The van der Waals surface area contributed by atoms with Gasteiger partial charge in [0.25, 0.3) is 20.0 Å². The predicted molar refractivity (Wildman–Crippen MR) is 300 cm³/mol. The molecule has 0 saturated carbocycles. The molecule has 8 N–H and O–H groups in total. The van der Waals surface area contributed by atoms with E-state index in [1.807, 2.05) is 82.2 Å². The van der Waals surface area contributed by atoms with Crippen molar-refractivity contribution in [2.24, 2.45) is 4.99 Å². The lowest BCUT2D eigenvalue weighted by molar-refractivity contribution is -0.120. The Kier molecular flexibility index (Phi) is 10.9. The molecular weight excluding hydrogens is 1060 g/mol. The van der Waals surface area contributed by atoms with Crippen molar-refractivity contribution in [1.29, 1.82) is 0 Å². The Bertz CT molecular complexity index is 4530. The molecule has 80 heavy (non-hydrogen) atoms. The van der Waals surface area contributed by atoms with Gasteiger partial charge in [-0.3, -0.25) is 24.0 Å². The Labute approximate surface area is 456 Å². The lowest BCUT2D eigenvalue weighted by Crippen LogP contribution is -2.46. The Morgan fingerprint density at radius 1 is 0.525 bits per heavy atom. The van der Waals surface area contributed by atoms with Crippen LogP contribution in [0.15, 0.2) is 154 Å². The molecule has 18 nitrogen and oxygen atoms in total. The summed E-state index contributed by atoms with van der Waals surface area (Å²) in [7, 11) is -8.86. The molecule has 0 fully saturated rings. The van der Waals surface area contributed by atoms with E-state index in [1.54, 1.807) is 36.4 Å². The van der Waals surface area contributed by atoms with Crippen LogP contribution >= 0.6 is 0 Å². The summed E-state index contributed by atoms with van der Waals surface area (Å²) in [6.45, 7) is 5.54. The summed E-state index contributed by atoms with van der Waals surface area (Å²) in [5.41, 5.74) is 5.36. The molecule has 2 heterocycles. The number of carbonyl (C=O) groups is 5. The van der Waals surface area contributed by atoms with E-state index in [-0.39, 0.29) is 57.2 Å². The zero-order valence-corrected chi connectivity index (χ0v) is 44.6. The van der Waals surface area contributed by atoms with E-state index in [0.29, 0.717) is 60.7 Å². The lowest BCUT2D eigenvalue weighted by Gasteiger charge is -2.42. The fourth-order valence-corrected chi connectivity index (χ4v) is 14.1. The number of sulfonamides is 2. The van der Waals surface area contributed by atoms with Crippen LogP contribution in [0.5, 0.6) is 0 Å². The third kappa shape index (κ3) is 7.42. The normalized spacial score (nSPS) is 16.0. The molecule has 2 spiro atoms. The minimum absolute atomic E-state index is 0.00573. The van der Waals surface area contributed by atoms with Crippen LogP contribution in [-0.4, -0.2) is 51.4 Å². The molecule has 398 valence electrons. The summed E-state index contributed by atoms with van der Waals surface area (Å²) in [5, 5.41) is 33.0. The number of amides is 4. The van der Waals surface area contributed by atoms with Crippen molar-refractivity contribution in [3.05, 3.63) is 189 Å². The molecule has 8 aromatic rings. The fourth-order valence-electron chi connectivity index (χ4n) is 12.0. The molecule has 0 radical (unpaired) electrons. The van der Waals surface area contributed by atoms with Crippen LogP contribution in [0, 0.1) is 0 Å². The average Bonchev–Trinajstić information content (AvgIpc) is 3.88. The Balaban J connectivity index is 1.03. The van der Waals surface area contributed by atoms with Gasteiger partial charge in [0, 0.05) is 96.0 Å². The number of aliphatic hydroxyl groups is 1. The Morgan fingerprint density at radius 2 is 1.01 bits per heavy atom. The lowest BCUT2D eigenvalue weighted by atomic mass is 9.79. The fraction of sp³-hybridized carbons (Fsp3) is 0.133. The van der Waals surface area contributed by atoms with Crippen LogP contribution < -0.4 is 46.6 Å². The number of nitrogens with zero attached hydrogens (tertiary/aromatic N) is 1. The summed E-state index contributed by atoms with van der Waals surface area (Å²) >= 11 is 0. The molecule has 8 aromatic carbocycles. The van der Waals surface area contributed by atoms with Crippen LogP contribution in [0.25, 0.3) is 54.9 Å². The third-order valence-corrected chi connectivity index (χ3v) is 18.2. The maximum atomic E-state index is 15.4. The van der Waals surface area contributed by atoms with E-state index in [0.717, 1.165) is 58.0 Å². The molecule has 5 aliphatic rings. The van der Waals surface area contributed by atoms with Crippen LogP contribution in [0.2, 0.25) is 0 Å². The average molecular weight is 1100 g/mol. The van der Waals surface area contributed by atoms with Gasteiger partial charge in [0.15, 0.2) is 11.3 Å². The Hall–Kier alpha value is -9.66. The molecule has 20 heteroatoms. The molecule has 0 unspecified atom stereocenters. The van der Waals surface area contributed by atoms with E-state index in [9.17, 15) is 41.1 Å². The first kappa shape index (κ1) is 49.9. The van der Waals surface area contributed by atoms with Crippen LogP contribution in [0.1, 0.15) is 66.6 Å². The van der Waals surface area contributed by atoms with E-state index in [4.69, 9.17) is 4.99 Å². The predicted octanol–water partition coefficient (Wildman–Crippen LogP) is 6.26. The molecule has 0 saturated heterocycles. The number of Topliss-reactive ketones (excluding diaryl/α,β-unsaturated/α-hetero) is 1. The highest BCUT2D eigenvalue weighted by Gasteiger charge is 2.50. The minimum atomic E-state index is -4.43. The van der Waals surface area contributed by atoms with Crippen LogP contribution in [0.3, 0.4) is 0 Å². The number of hydrogen-bond acceptors (Lipinski definition) is 14. The largest absolute Gasteiger partial charge is 0.506 e. The van der Waals surface area contributed by atoms with Gasteiger partial charge in [-0.05, 0) is 92.7 Å². The maximum Gasteiger partial charge on any atom is 0.264 e. The van der Waals surface area contributed by atoms with Crippen molar-refractivity contribution >= 4 is 99.2 Å². The second-order valence-corrected chi connectivity index (χ2v) is 23.8. The van der Waals surface area contributed by atoms with Gasteiger partial charge in [-0.25, -0.2) is 31.3 Å². The molecule has 3 aliphatic carbocycles. The first-order valence-corrected chi connectivity index (χ1v) is 28.3. The number of carbonyl (C=O) groups excluding carboxylic acids is 5. The van der Waals surface area contributed by atoms with E-state index < -0.39 is 49.0 Å². The van der Waals surface area contributed by atoms with Crippen molar-refractivity contribution in [3.63, 3.8) is 0 Å². The van der Waals surface area contributed by atoms with E-state index in [2.05, 4.69) is 26.6 Å². The number of ketones is 1. The molecule has 2 aliphatic heterocycles. The van der Waals surface area contributed by atoms with Gasteiger partial charge in [-0.15, -0.1) is 0 Å². The number of aliphatic hydroxyl groups excluding tert-OH is 1. The number of fused-ring (bicyclic) bond motifs is 10. The van der Waals surface area contributed by atoms with Gasteiger partial charge < -0.3 is 31.7 Å². The van der Waals surface area contributed by atoms with Gasteiger partial charge in [0.1, 0.15) is 5.76 Å². The SMILES string of the molecule is CC(=O)NCc1ccc2c(c1)C1(N=c3c(=C4C(=O)C(c5ccc6cccc7c6c5NC5(N7)c6cc(S(=O)(=O)NC(C)=O)ccc6-c6ccc(S(=O)(=O)NC(C)=O)cc65)=C4O)ccc4cccc(c34)N1)c1cc(CNC(C)=O)ccc1-2. The summed E-state index contributed by atoms with van der Waals surface area (Å²) in [6.07, 6.45) is 0. The molecule has 4 amide bonds. The second kappa shape index (κ2) is 17.4. The van der Waals surface area contributed by atoms with Crippen molar-refractivity contribution in [1.82, 2.24) is 20.1 Å². The molecule has 0 atom stereocenters. The highest BCUT2D eigenvalue weighted by molar-refractivity contribution is 7.90. The van der Waals surface area contributed by atoms with Crippen LogP contribution in [0.4, 0.5) is 17.1 Å². The number of rotatable bonds is 9. The number of nitrogens with one attached hydrogen (secondary N) is 7. The maximum absolute atomic E-state index is 15.4. The number of hydrogen-bond donors (Lipinski definition) is 8. The van der Waals surface area contributed by atoms with Crippen molar-refractivity contribution < 1.29 is 45.9 Å². The summed E-state index contributed by atoms with van der Waals surface area (Å²) in [6, 6.07) is 38.8.